The average molecular weight is 291 g/mol. The van der Waals surface area contributed by atoms with Gasteiger partial charge in [0, 0.05) is 6.20 Å². The Bertz CT molecular complexity index is 868. The number of carboxylic acid groups (broad SMARTS) is 1. The number of benzene rings is 2. The van der Waals surface area contributed by atoms with Crippen LogP contribution in [0.25, 0.3) is 22.4 Å². The fraction of sp³-hybridized carbons (Fsp3) is 0. The number of carboxylic acids is 1. The lowest BCUT2D eigenvalue weighted by Crippen LogP contribution is -2.18. The van der Waals surface area contributed by atoms with E-state index in [4.69, 9.17) is 0 Å². The molecule has 1 heterocycles. The third kappa shape index (κ3) is 2.42. The second kappa shape index (κ2) is 5.69. The van der Waals surface area contributed by atoms with Crippen LogP contribution in [0, 0.1) is 0 Å². The summed E-state index contributed by atoms with van der Waals surface area (Å²) in [6, 6.07) is 18.4. The highest BCUT2D eigenvalue weighted by molar-refractivity contribution is 5.91. The average Bonchev–Trinajstić information content (AvgIpc) is 2.55. The summed E-state index contributed by atoms with van der Waals surface area (Å²) in [5, 5.41) is 9.18. The Labute approximate surface area is 126 Å². The minimum atomic E-state index is -1.24. The highest BCUT2D eigenvalue weighted by Gasteiger charge is 2.18. The first kappa shape index (κ1) is 13.8. The SMILES string of the molecule is O=C(O)c1c[nH]c(-c2ccccc2)c(-c2ccccc2)c1=O. The van der Waals surface area contributed by atoms with Crippen LogP contribution in [0.3, 0.4) is 0 Å². The second-order valence-electron chi connectivity index (χ2n) is 4.82. The Kier molecular flexibility index (Phi) is 3.58. The third-order valence-electron chi connectivity index (χ3n) is 3.44. The molecule has 3 rings (SSSR count). The molecular formula is C18H13NO3. The number of rotatable bonds is 3. The molecule has 0 aliphatic carbocycles. The topological polar surface area (TPSA) is 70.2 Å². The number of H-pyrrole nitrogens is 1. The summed E-state index contributed by atoms with van der Waals surface area (Å²) in [7, 11) is 0. The fourth-order valence-corrected chi connectivity index (χ4v) is 2.40. The van der Waals surface area contributed by atoms with E-state index in [-0.39, 0.29) is 5.56 Å². The molecule has 0 aliphatic heterocycles. The van der Waals surface area contributed by atoms with Crippen molar-refractivity contribution in [2.24, 2.45) is 0 Å². The zero-order chi connectivity index (χ0) is 15.5. The van der Waals surface area contributed by atoms with Crippen LogP contribution < -0.4 is 5.43 Å². The van der Waals surface area contributed by atoms with E-state index in [1.165, 1.54) is 6.20 Å². The standard InChI is InChI=1S/C18H13NO3/c20-17-14(18(21)22)11-19-16(13-9-5-2-6-10-13)15(17)12-7-3-1-4-8-12/h1-11H,(H,19,20)(H,21,22). The van der Waals surface area contributed by atoms with Crippen molar-refractivity contribution in [3.05, 3.63) is 82.6 Å². The van der Waals surface area contributed by atoms with E-state index in [1.807, 2.05) is 48.5 Å². The fourth-order valence-electron chi connectivity index (χ4n) is 2.40. The molecule has 0 radical (unpaired) electrons. The molecule has 0 fully saturated rings. The first-order valence-corrected chi connectivity index (χ1v) is 6.78. The molecule has 22 heavy (non-hydrogen) atoms. The number of nitrogens with one attached hydrogen (secondary N) is 1. The van der Waals surface area contributed by atoms with Crippen molar-refractivity contribution < 1.29 is 9.90 Å². The number of carbonyl (C=O) groups is 1. The molecule has 108 valence electrons. The van der Waals surface area contributed by atoms with Gasteiger partial charge in [0.1, 0.15) is 5.56 Å². The summed E-state index contributed by atoms with van der Waals surface area (Å²) < 4.78 is 0. The van der Waals surface area contributed by atoms with E-state index >= 15 is 0 Å². The summed E-state index contributed by atoms with van der Waals surface area (Å²) in [6.07, 6.45) is 1.25. The molecule has 0 saturated heterocycles. The van der Waals surface area contributed by atoms with Gasteiger partial charge in [0.15, 0.2) is 0 Å². The number of aromatic carboxylic acids is 1. The van der Waals surface area contributed by atoms with Crippen molar-refractivity contribution >= 4 is 5.97 Å². The summed E-state index contributed by atoms with van der Waals surface area (Å²) in [5.41, 5.74) is 1.74. The van der Waals surface area contributed by atoms with Crippen LogP contribution in [0.2, 0.25) is 0 Å². The van der Waals surface area contributed by atoms with Crippen LogP contribution in [-0.4, -0.2) is 16.1 Å². The maximum absolute atomic E-state index is 12.6. The smallest absolute Gasteiger partial charge is 0.341 e. The van der Waals surface area contributed by atoms with E-state index in [2.05, 4.69) is 4.98 Å². The largest absolute Gasteiger partial charge is 0.477 e. The van der Waals surface area contributed by atoms with E-state index in [1.54, 1.807) is 12.1 Å². The summed E-state index contributed by atoms with van der Waals surface area (Å²) in [4.78, 5) is 26.8. The first-order chi connectivity index (χ1) is 10.7. The van der Waals surface area contributed by atoms with Crippen molar-refractivity contribution in [2.45, 2.75) is 0 Å². The lowest BCUT2D eigenvalue weighted by atomic mass is 9.97. The number of aromatic nitrogens is 1. The highest BCUT2D eigenvalue weighted by atomic mass is 16.4. The van der Waals surface area contributed by atoms with Crippen LogP contribution in [0.4, 0.5) is 0 Å². The summed E-state index contributed by atoms with van der Waals surface area (Å²) in [5.74, 6) is -1.24. The predicted molar refractivity (Wildman–Crippen MR) is 84.9 cm³/mol. The van der Waals surface area contributed by atoms with Gasteiger partial charge in [-0.2, -0.15) is 0 Å². The van der Waals surface area contributed by atoms with Gasteiger partial charge in [-0.15, -0.1) is 0 Å². The van der Waals surface area contributed by atoms with Crippen LogP contribution in [0.1, 0.15) is 10.4 Å². The molecule has 0 atom stereocenters. The predicted octanol–water partition coefficient (Wildman–Crippen LogP) is 3.41. The molecule has 4 nitrogen and oxygen atoms in total. The van der Waals surface area contributed by atoms with Gasteiger partial charge in [-0.25, -0.2) is 4.79 Å². The monoisotopic (exact) mass is 291 g/mol. The van der Waals surface area contributed by atoms with Crippen molar-refractivity contribution in [3.8, 4) is 22.4 Å². The molecular weight excluding hydrogens is 278 g/mol. The van der Waals surface area contributed by atoms with Crippen LogP contribution in [0.15, 0.2) is 71.7 Å². The van der Waals surface area contributed by atoms with E-state index in [9.17, 15) is 14.7 Å². The lowest BCUT2D eigenvalue weighted by molar-refractivity contribution is 0.0695. The minimum absolute atomic E-state index is 0.265. The molecule has 4 heteroatoms. The normalized spacial score (nSPS) is 10.4. The van der Waals surface area contributed by atoms with E-state index in [0.29, 0.717) is 16.8 Å². The summed E-state index contributed by atoms with van der Waals surface area (Å²) >= 11 is 0. The molecule has 0 saturated carbocycles. The van der Waals surface area contributed by atoms with Crippen molar-refractivity contribution in [1.82, 2.24) is 4.98 Å². The molecule has 3 aromatic rings. The van der Waals surface area contributed by atoms with Crippen LogP contribution >= 0.6 is 0 Å². The third-order valence-corrected chi connectivity index (χ3v) is 3.44. The molecule has 0 unspecified atom stereocenters. The van der Waals surface area contributed by atoms with Crippen molar-refractivity contribution in [1.29, 1.82) is 0 Å². The Hall–Kier alpha value is -3.14. The first-order valence-electron chi connectivity index (χ1n) is 6.78. The maximum atomic E-state index is 12.6. The zero-order valence-electron chi connectivity index (χ0n) is 11.6. The van der Waals surface area contributed by atoms with Gasteiger partial charge in [0.25, 0.3) is 0 Å². The number of aromatic amines is 1. The number of pyridine rings is 1. The van der Waals surface area contributed by atoms with Crippen LogP contribution in [0.5, 0.6) is 0 Å². The second-order valence-corrected chi connectivity index (χ2v) is 4.82. The molecule has 0 bridgehead atoms. The number of hydrogen-bond acceptors (Lipinski definition) is 2. The quantitative estimate of drug-likeness (QED) is 0.777. The van der Waals surface area contributed by atoms with Crippen molar-refractivity contribution in [2.75, 3.05) is 0 Å². The van der Waals surface area contributed by atoms with Gasteiger partial charge in [-0.3, -0.25) is 4.79 Å². The van der Waals surface area contributed by atoms with Gasteiger partial charge in [0.05, 0.1) is 11.3 Å². The lowest BCUT2D eigenvalue weighted by Gasteiger charge is -2.10. The molecule has 2 N–H and O–H groups in total. The van der Waals surface area contributed by atoms with Crippen molar-refractivity contribution in [3.63, 3.8) is 0 Å². The van der Waals surface area contributed by atoms with E-state index < -0.39 is 11.4 Å². The Balaban J connectivity index is 2.35. The molecule has 1 aromatic heterocycles. The van der Waals surface area contributed by atoms with Gasteiger partial charge in [0.2, 0.25) is 5.43 Å². The minimum Gasteiger partial charge on any atom is -0.477 e. The van der Waals surface area contributed by atoms with Gasteiger partial charge < -0.3 is 10.1 Å². The summed E-state index contributed by atoms with van der Waals surface area (Å²) in [6.45, 7) is 0. The zero-order valence-corrected chi connectivity index (χ0v) is 11.6. The Morgan fingerprint density at radius 1 is 0.864 bits per heavy atom. The molecule has 2 aromatic carbocycles. The highest BCUT2D eigenvalue weighted by Crippen LogP contribution is 2.27. The van der Waals surface area contributed by atoms with E-state index in [0.717, 1.165) is 5.56 Å². The Morgan fingerprint density at radius 2 is 1.41 bits per heavy atom. The molecule has 0 spiro atoms. The maximum Gasteiger partial charge on any atom is 0.341 e. The molecule has 0 aliphatic rings. The van der Waals surface area contributed by atoms with Gasteiger partial charge in [-0.05, 0) is 11.1 Å². The Morgan fingerprint density at radius 3 is 1.95 bits per heavy atom. The number of hydrogen-bond donors (Lipinski definition) is 2. The van der Waals surface area contributed by atoms with Crippen LogP contribution in [-0.2, 0) is 0 Å². The molecule has 0 amide bonds. The van der Waals surface area contributed by atoms with Gasteiger partial charge in [-0.1, -0.05) is 60.7 Å². The van der Waals surface area contributed by atoms with Gasteiger partial charge >= 0.3 is 5.97 Å².